The molecule has 1 unspecified atom stereocenters. The molecule has 1 aromatic carbocycles. The molecule has 0 bridgehead atoms. The highest BCUT2D eigenvalue weighted by Crippen LogP contribution is 2.28. The lowest BCUT2D eigenvalue weighted by Crippen LogP contribution is -2.30. The van der Waals surface area contributed by atoms with E-state index < -0.39 is 6.10 Å². The molecule has 0 saturated heterocycles. The number of rotatable bonds is 5. The maximum atomic E-state index is 12.3. The summed E-state index contributed by atoms with van der Waals surface area (Å²) in [6.45, 7) is 7.93. The summed E-state index contributed by atoms with van der Waals surface area (Å²) < 4.78 is 5.89. The first-order valence-corrected chi connectivity index (χ1v) is 7.66. The van der Waals surface area contributed by atoms with Crippen LogP contribution in [0.1, 0.15) is 37.8 Å². The van der Waals surface area contributed by atoms with E-state index in [1.807, 2.05) is 25.1 Å². The third-order valence-electron chi connectivity index (χ3n) is 3.52. The molecule has 5 nitrogen and oxygen atoms in total. The van der Waals surface area contributed by atoms with Gasteiger partial charge in [-0.1, -0.05) is 26.0 Å². The van der Waals surface area contributed by atoms with Crippen molar-refractivity contribution < 1.29 is 9.53 Å². The summed E-state index contributed by atoms with van der Waals surface area (Å²) in [5.74, 6) is 1.25. The van der Waals surface area contributed by atoms with Gasteiger partial charge in [-0.05, 0) is 49.1 Å². The molecule has 0 saturated carbocycles. The number of carbonyl (C=O) groups is 1. The van der Waals surface area contributed by atoms with E-state index >= 15 is 0 Å². The van der Waals surface area contributed by atoms with Crippen LogP contribution < -0.4 is 15.8 Å². The van der Waals surface area contributed by atoms with Crippen molar-refractivity contribution in [2.75, 3.05) is 11.1 Å². The van der Waals surface area contributed by atoms with Crippen molar-refractivity contribution in [3.05, 3.63) is 47.7 Å². The average molecular weight is 313 g/mol. The fraction of sp³-hybridized carbons (Fsp3) is 0.333. The summed E-state index contributed by atoms with van der Waals surface area (Å²) in [7, 11) is 0. The van der Waals surface area contributed by atoms with Crippen LogP contribution in [0, 0.1) is 6.92 Å². The number of amides is 1. The Morgan fingerprint density at radius 1 is 1.22 bits per heavy atom. The number of hydrogen-bond donors (Lipinski definition) is 2. The molecule has 23 heavy (non-hydrogen) atoms. The molecule has 5 heteroatoms. The van der Waals surface area contributed by atoms with E-state index in [4.69, 9.17) is 10.5 Å². The van der Waals surface area contributed by atoms with Gasteiger partial charge in [0.05, 0.1) is 11.9 Å². The Morgan fingerprint density at radius 2 is 1.96 bits per heavy atom. The average Bonchev–Trinajstić information content (AvgIpc) is 2.49. The van der Waals surface area contributed by atoms with Crippen molar-refractivity contribution in [2.45, 2.75) is 39.7 Å². The topological polar surface area (TPSA) is 77.2 Å². The summed E-state index contributed by atoms with van der Waals surface area (Å²) in [5, 5.41) is 2.77. The zero-order valence-electron chi connectivity index (χ0n) is 14.0. The van der Waals surface area contributed by atoms with Gasteiger partial charge in [-0.2, -0.15) is 0 Å². The third-order valence-corrected chi connectivity index (χ3v) is 3.52. The van der Waals surface area contributed by atoms with Gasteiger partial charge in [0.25, 0.3) is 5.91 Å². The number of nitrogens with zero attached hydrogens (tertiary/aromatic N) is 1. The number of aryl methyl sites for hydroxylation is 1. The second-order valence-corrected chi connectivity index (χ2v) is 5.92. The third kappa shape index (κ3) is 4.45. The molecule has 122 valence electrons. The van der Waals surface area contributed by atoms with Crippen molar-refractivity contribution in [2.24, 2.45) is 0 Å². The molecule has 0 aliphatic heterocycles. The first kappa shape index (κ1) is 16.8. The molecular weight excluding hydrogens is 290 g/mol. The maximum absolute atomic E-state index is 12.3. The van der Waals surface area contributed by atoms with Gasteiger partial charge in [0.2, 0.25) is 0 Å². The largest absolute Gasteiger partial charge is 0.481 e. The lowest BCUT2D eigenvalue weighted by atomic mass is 10.0. The summed E-state index contributed by atoms with van der Waals surface area (Å²) in [6.07, 6.45) is 0.901. The standard InChI is InChI=1S/C18H23N3O2/c1-11(2)15-7-5-12(3)9-16(15)23-13(4)18(22)21-14-6-8-17(19)20-10-14/h5-11,13H,1-4H3,(H2,19,20)(H,21,22). The van der Waals surface area contributed by atoms with Crippen LogP contribution in [-0.4, -0.2) is 17.0 Å². The number of pyridine rings is 1. The molecule has 0 spiro atoms. The quantitative estimate of drug-likeness (QED) is 0.885. The minimum absolute atomic E-state index is 0.229. The van der Waals surface area contributed by atoms with Gasteiger partial charge in [-0.3, -0.25) is 4.79 Å². The number of aromatic nitrogens is 1. The second kappa shape index (κ2) is 7.13. The monoisotopic (exact) mass is 313 g/mol. The van der Waals surface area contributed by atoms with Crippen LogP contribution in [0.25, 0.3) is 0 Å². The molecule has 0 aliphatic rings. The van der Waals surface area contributed by atoms with E-state index in [9.17, 15) is 4.79 Å². The van der Waals surface area contributed by atoms with Gasteiger partial charge in [-0.25, -0.2) is 4.98 Å². The lowest BCUT2D eigenvalue weighted by molar-refractivity contribution is -0.122. The van der Waals surface area contributed by atoms with Crippen LogP contribution in [0.15, 0.2) is 36.5 Å². The Hall–Kier alpha value is -2.56. The van der Waals surface area contributed by atoms with Crippen LogP contribution in [0.5, 0.6) is 5.75 Å². The maximum Gasteiger partial charge on any atom is 0.265 e. The van der Waals surface area contributed by atoms with Gasteiger partial charge in [-0.15, -0.1) is 0 Å². The fourth-order valence-electron chi connectivity index (χ4n) is 2.19. The molecule has 1 heterocycles. The summed E-state index contributed by atoms with van der Waals surface area (Å²) >= 11 is 0. The molecular formula is C18H23N3O2. The predicted molar refractivity (Wildman–Crippen MR) is 92.6 cm³/mol. The van der Waals surface area contributed by atoms with E-state index in [0.717, 1.165) is 16.9 Å². The predicted octanol–water partition coefficient (Wildman–Crippen LogP) is 3.50. The van der Waals surface area contributed by atoms with Crippen LogP contribution in [0.4, 0.5) is 11.5 Å². The van der Waals surface area contributed by atoms with E-state index in [1.54, 1.807) is 19.1 Å². The number of carbonyl (C=O) groups excluding carboxylic acids is 1. The number of nitrogens with two attached hydrogens (primary N) is 1. The van der Waals surface area contributed by atoms with Crippen LogP contribution in [-0.2, 0) is 4.79 Å². The molecule has 2 rings (SSSR count). The van der Waals surface area contributed by atoms with E-state index in [0.29, 0.717) is 17.4 Å². The summed E-state index contributed by atoms with van der Waals surface area (Å²) in [4.78, 5) is 16.2. The number of nitrogens with one attached hydrogen (secondary N) is 1. The Kier molecular flexibility index (Phi) is 5.21. The van der Waals surface area contributed by atoms with Crippen LogP contribution >= 0.6 is 0 Å². The van der Waals surface area contributed by atoms with Crippen molar-refractivity contribution >= 4 is 17.4 Å². The molecule has 1 atom stereocenters. The molecule has 0 aliphatic carbocycles. The number of hydrogen-bond acceptors (Lipinski definition) is 4. The molecule has 1 aromatic heterocycles. The highest BCUT2D eigenvalue weighted by Gasteiger charge is 2.18. The minimum atomic E-state index is -0.619. The first-order valence-electron chi connectivity index (χ1n) is 7.66. The molecule has 3 N–H and O–H groups in total. The molecule has 1 amide bonds. The lowest BCUT2D eigenvalue weighted by Gasteiger charge is -2.19. The number of ether oxygens (including phenoxy) is 1. The zero-order valence-corrected chi connectivity index (χ0v) is 14.0. The molecule has 0 radical (unpaired) electrons. The highest BCUT2D eigenvalue weighted by atomic mass is 16.5. The Morgan fingerprint density at radius 3 is 2.57 bits per heavy atom. The zero-order chi connectivity index (χ0) is 17.0. The van der Waals surface area contributed by atoms with Crippen LogP contribution in [0.2, 0.25) is 0 Å². The first-order chi connectivity index (χ1) is 10.9. The Labute approximate surface area is 136 Å². The Bertz CT molecular complexity index is 681. The SMILES string of the molecule is Cc1ccc(C(C)C)c(OC(C)C(=O)Nc2ccc(N)nc2)c1. The summed E-state index contributed by atoms with van der Waals surface area (Å²) in [6, 6.07) is 9.40. The highest BCUT2D eigenvalue weighted by molar-refractivity contribution is 5.94. The van der Waals surface area contributed by atoms with E-state index in [2.05, 4.69) is 24.1 Å². The van der Waals surface area contributed by atoms with Crippen molar-refractivity contribution in [1.82, 2.24) is 4.98 Å². The fourth-order valence-corrected chi connectivity index (χ4v) is 2.19. The number of nitrogen functional groups attached to an aromatic ring is 1. The molecule has 0 fully saturated rings. The second-order valence-electron chi connectivity index (χ2n) is 5.92. The van der Waals surface area contributed by atoms with Gasteiger partial charge in [0.1, 0.15) is 11.6 Å². The number of anilines is 2. The van der Waals surface area contributed by atoms with E-state index in [-0.39, 0.29) is 5.91 Å². The van der Waals surface area contributed by atoms with Crippen molar-refractivity contribution in [3.63, 3.8) is 0 Å². The van der Waals surface area contributed by atoms with Crippen LogP contribution in [0.3, 0.4) is 0 Å². The van der Waals surface area contributed by atoms with Gasteiger partial charge >= 0.3 is 0 Å². The van der Waals surface area contributed by atoms with Crippen molar-refractivity contribution in [1.29, 1.82) is 0 Å². The van der Waals surface area contributed by atoms with Gasteiger partial charge < -0.3 is 15.8 Å². The summed E-state index contributed by atoms with van der Waals surface area (Å²) in [5.41, 5.74) is 8.31. The van der Waals surface area contributed by atoms with Gasteiger partial charge in [0.15, 0.2) is 6.10 Å². The number of benzene rings is 1. The van der Waals surface area contributed by atoms with Crippen molar-refractivity contribution in [3.8, 4) is 5.75 Å². The van der Waals surface area contributed by atoms with Gasteiger partial charge in [0, 0.05) is 0 Å². The minimum Gasteiger partial charge on any atom is -0.481 e. The van der Waals surface area contributed by atoms with E-state index in [1.165, 1.54) is 6.20 Å². The smallest absolute Gasteiger partial charge is 0.265 e. The Balaban J connectivity index is 2.09. The molecule has 2 aromatic rings. The normalized spacial score (nSPS) is 12.0.